The minimum atomic E-state index is -0.758. The highest BCUT2D eigenvalue weighted by Crippen LogP contribution is 2.49. The van der Waals surface area contributed by atoms with Crippen LogP contribution in [-0.2, 0) is 12.1 Å². The first-order chi connectivity index (χ1) is 11.7. The lowest BCUT2D eigenvalue weighted by Crippen LogP contribution is -2.57. The van der Waals surface area contributed by atoms with E-state index >= 15 is 0 Å². The highest BCUT2D eigenvalue weighted by molar-refractivity contribution is 5.24. The minimum absolute atomic E-state index is 0.194. The van der Waals surface area contributed by atoms with Crippen molar-refractivity contribution in [3.63, 3.8) is 0 Å². The van der Waals surface area contributed by atoms with Gasteiger partial charge in [-0.1, -0.05) is 24.6 Å². The fourth-order valence-electron chi connectivity index (χ4n) is 4.59. The van der Waals surface area contributed by atoms with Gasteiger partial charge in [0.25, 0.3) is 0 Å². The van der Waals surface area contributed by atoms with E-state index in [0.29, 0.717) is 0 Å². The SMILES string of the molecule is OC1(c2cccnc2)[C@@H]2CCC[C@H]1CN(Cc1ccc(F)cc1)C2. The second kappa shape index (κ2) is 6.26. The van der Waals surface area contributed by atoms with Crippen molar-refractivity contribution >= 4 is 0 Å². The van der Waals surface area contributed by atoms with Gasteiger partial charge in [0.1, 0.15) is 5.82 Å². The van der Waals surface area contributed by atoms with Gasteiger partial charge >= 0.3 is 0 Å². The van der Waals surface area contributed by atoms with E-state index in [0.717, 1.165) is 43.6 Å². The van der Waals surface area contributed by atoms with Crippen LogP contribution in [0.1, 0.15) is 30.4 Å². The largest absolute Gasteiger partial charge is 0.384 e. The quantitative estimate of drug-likeness (QED) is 0.940. The molecule has 2 heterocycles. The predicted molar refractivity (Wildman–Crippen MR) is 90.6 cm³/mol. The van der Waals surface area contributed by atoms with E-state index in [1.807, 2.05) is 30.5 Å². The summed E-state index contributed by atoms with van der Waals surface area (Å²) in [6.07, 6.45) is 6.85. The third-order valence-corrected chi connectivity index (χ3v) is 5.75. The molecular weight excluding hydrogens is 303 g/mol. The van der Waals surface area contributed by atoms with E-state index < -0.39 is 5.60 Å². The number of pyridine rings is 1. The second-order valence-corrected chi connectivity index (χ2v) is 7.21. The van der Waals surface area contributed by atoms with Gasteiger partial charge < -0.3 is 5.11 Å². The molecule has 1 saturated carbocycles. The molecule has 0 radical (unpaired) electrons. The molecule has 4 heteroatoms. The fraction of sp³-hybridized carbons (Fsp3) is 0.450. The van der Waals surface area contributed by atoms with Gasteiger partial charge in [-0.15, -0.1) is 0 Å². The van der Waals surface area contributed by atoms with E-state index in [9.17, 15) is 9.50 Å². The molecule has 1 aromatic carbocycles. The van der Waals surface area contributed by atoms with Gasteiger partial charge in [-0.2, -0.15) is 0 Å². The molecule has 2 aliphatic rings. The van der Waals surface area contributed by atoms with Crippen molar-refractivity contribution in [1.82, 2.24) is 9.88 Å². The smallest absolute Gasteiger partial charge is 0.123 e. The summed E-state index contributed by atoms with van der Waals surface area (Å²) in [5.74, 6) is 0.268. The first kappa shape index (κ1) is 15.7. The van der Waals surface area contributed by atoms with E-state index in [-0.39, 0.29) is 17.7 Å². The Bertz CT molecular complexity index is 675. The van der Waals surface area contributed by atoms with E-state index in [2.05, 4.69) is 9.88 Å². The van der Waals surface area contributed by atoms with Crippen LogP contribution < -0.4 is 0 Å². The molecular formula is C20H23FN2O. The van der Waals surface area contributed by atoms with Crippen LogP contribution in [0, 0.1) is 17.7 Å². The molecule has 4 rings (SSSR count). The Morgan fingerprint density at radius 2 is 1.83 bits per heavy atom. The number of piperidine rings is 1. The summed E-state index contributed by atoms with van der Waals surface area (Å²) in [4.78, 5) is 6.63. The molecule has 1 saturated heterocycles. The Morgan fingerprint density at radius 3 is 2.46 bits per heavy atom. The second-order valence-electron chi connectivity index (χ2n) is 7.21. The third kappa shape index (κ3) is 2.74. The average molecular weight is 326 g/mol. The normalized spacial score (nSPS) is 30.2. The van der Waals surface area contributed by atoms with Crippen LogP contribution in [0.25, 0.3) is 0 Å². The number of hydrogen-bond donors (Lipinski definition) is 1. The van der Waals surface area contributed by atoms with Crippen molar-refractivity contribution in [2.75, 3.05) is 13.1 Å². The molecule has 0 amide bonds. The van der Waals surface area contributed by atoms with Crippen molar-refractivity contribution in [1.29, 1.82) is 0 Å². The number of benzene rings is 1. The van der Waals surface area contributed by atoms with E-state index in [1.54, 1.807) is 6.20 Å². The van der Waals surface area contributed by atoms with Crippen LogP contribution in [0.15, 0.2) is 48.8 Å². The number of likely N-dealkylation sites (tertiary alicyclic amines) is 1. The van der Waals surface area contributed by atoms with Crippen LogP contribution in [0.3, 0.4) is 0 Å². The van der Waals surface area contributed by atoms with Gasteiger partial charge in [0.15, 0.2) is 0 Å². The molecule has 126 valence electrons. The summed E-state index contributed by atoms with van der Waals surface area (Å²) in [5.41, 5.74) is 1.33. The lowest BCUT2D eigenvalue weighted by atomic mass is 9.63. The molecule has 1 aliphatic carbocycles. The minimum Gasteiger partial charge on any atom is -0.384 e. The number of rotatable bonds is 3. The number of halogens is 1. The monoisotopic (exact) mass is 326 g/mol. The molecule has 1 aromatic heterocycles. The van der Waals surface area contributed by atoms with E-state index in [4.69, 9.17) is 0 Å². The molecule has 1 N–H and O–H groups in total. The fourth-order valence-corrected chi connectivity index (χ4v) is 4.59. The van der Waals surface area contributed by atoms with Gasteiger partial charge in [-0.25, -0.2) is 4.39 Å². The molecule has 2 fully saturated rings. The van der Waals surface area contributed by atoms with Crippen molar-refractivity contribution in [3.8, 4) is 0 Å². The van der Waals surface area contributed by atoms with Crippen molar-refractivity contribution < 1.29 is 9.50 Å². The van der Waals surface area contributed by atoms with Crippen molar-refractivity contribution in [2.45, 2.75) is 31.4 Å². The molecule has 0 spiro atoms. The average Bonchev–Trinajstić information content (AvgIpc) is 2.59. The number of nitrogens with zero attached hydrogens (tertiary/aromatic N) is 2. The van der Waals surface area contributed by atoms with Gasteiger partial charge in [0.2, 0.25) is 0 Å². The summed E-state index contributed by atoms with van der Waals surface area (Å²) in [6.45, 7) is 2.56. The Morgan fingerprint density at radius 1 is 1.12 bits per heavy atom. The van der Waals surface area contributed by atoms with Crippen LogP contribution in [0.5, 0.6) is 0 Å². The summed E-state index contributed by atoms with van der Waals surface area (Å²) in [6, 6.07) is 10.7. The van der Waals surface area contributed by atoms with E-state index in [1.165, 1.54) is 18.6 Å². The Kier molecular flexibility index (Phi) is 4.10. The zero-order valence-corrected chi connectivity index (χ0v) is 13.7. The predicted octanol–water partition coefficient (Wildman–Crippen LogP) is 3.34. The van der Waals surface area contributed by atoms with Crippen LogP contribution in [0.2, 0.25) is 0 Å². The molecule has 2 bridgehead atoms. The topological polar surface area (TPSA) is 36.4 Å². The first-order valence-corrected chi connectivity index (χ1v) is 8.76. The van der Waals surface area contributed by atoms with Gasteiger partial charge in [-0.05, 0) is 36.6 Å². The van der Waals surface area contributed by atoms with Crippen molar-refractivity contribution in [3.05, 3.63) is 65.7 Å². The van der Waals surface area contributed by atoms with Crippen LogP contribution in [-0.4, -0.2) is 28.1 Å². The maximum absolute atomic E-state index is 13.1. The highest BCUT2D eigenvalue weighted by Gasteiger charge is 2.51. The summed E-state index contributed by atoms with van der Waals surface area (Å²) < 4.78 is 13.1. The molecule has 3 nitrogen and oxygen atoms in total. The highest BCUT2D eigenvalue weighted by atomic mass is 19.1. The number of hydrogen-bond acceptors (Lipinski definition) is 3. The van der Waals surface area contributed by atoms with Crippen molar-refractivity contribution in [2.24, 2.45) is 11.8 Å². The maximum Gasteiger partial charge on any atom is 0.123 e. The first-order valence-electron chi connectivity index (χ1n) is 8.76. The zero-order valence-electron chi connectivity index (χ0n) is 13.7. The molecule has 3 atom stereocenters. The molecule has 1 aliphatic heterocycles. The Labute approximate surface area is 142 Å². The summed E-state index contributed by atoms with van der Waals surface area (Å²) in [5, 5.41) is 11.5. The molecule has 24 heavy (non-hydrogen) atoms. The number of aliphatic hydroxyl groups is 1. The zero-order chi connectivity index (χ0) is 16.6. The molecule has 2 aromatic rings. The van der Waals surface area contributed by atoms with Gasteiger partial charge in [-0.3, -0.25) is 9.88 Å². The molecule has 1 unspecified atom stereocenters. The van der Waals surface area contributed by atoms with Gasteiger partial charge in [0.05, 0.1) is 5.60 Å². The van der Waals surface area contributed by atoms with Crippen LogP contribution in [0.4, 0.5) is 4.39 Å². The third-order valence-electron chi connectivity index (χ3n) is 5.75. The number of fused-ring (bicyclic) bond motifs is 2. The lowest BCUT2D eigenvalue weighted by Gasteiger charge is -2.53. The number of aromatic nitrogens is 1. The maximum atomic E-state index is 13.1. The van der Waals surface area contributed by atoms with Crippen LogP contribution >= 0.6 is 0 Å². The Balaban J connectivity index is 1.55. The standard InChI is InChI=1S/C20H23FN2O/c21-19-8-6-15(7-9-19)12-23-13-17-3-1-4-18(14-23)20(17,24)16-5-2-10-22-11-16/h2,5-11,17-18,24H,1,3-4,12-14H2/t17-,18+,20?. The van der Waals surface area contributed by atoms with Gasteiger partial charge in [0, 0.05) is 49.4 Å². The summed E-state index contributed by atoms with van der Waals surface area (Å²) in [7, 11) is 0. The summed E-state index contributed by atoms with van der Waals surface area (Å²) >= 11 is 0. The Hall–Kier alpha value is -1.78. The lowest BCUT2D eigenvalue weighted by molar-refractivity contribution is -0.148.